The van der Waals surface area contributed by atoms with Crippen molar-refractivity contribution in [3.63, 3.8) is 0 Å². The molecule has 0 radical (unpaired) electrons. The van der Waals surface area contributed by atoms with Crippen LogP contribution >= 0.6 is 0 Å². The molecule has 0 fully saturated rings. The molecule has 0 aliphatic rings. The third-order valence-corrected chi connectivity index (χ3v) is 2.45. The molecule has 0 aliphatic carbocycles. The fourth-order valence-corrected chi connectivity index (χ4v) is 1.67. The fraction of sp³-hybridized carbons (Fsp3) is 0.231. The highest BCUT2D eigenvalue weighted by molar-refractivity contribution is 5.93. The molecule has 1 aromatic heterocycles. The van der Waals surface area contributed by atoms with Gasteiger partial charge in [0.1, 0.15) is 6.07 Å². The molecule has 1 aromatic carbocycles. The number of hydrogen-bond donors (Lipinski definition) is 1. The minimum absolute atomic E-state index is 0.604. The third-order valence-electron chi connectivity index (χ3n) is 2.45. The highest BCUT2D eigenvalue weighted by atomic mass is 14.9. The molecular weight excluding hydrogens is 198 g/mol. The predicted molar refractivity (Wildman–Crippen MR) is 65.2 cm³/mol. The van der Waals surface area contributed by atoms with Gasteiger partial charge >= 0.3 is 0 Å². The summed E-state index contributed by atoms with van der Waals surface area (Å²) in [5.74, 6) is 0. The van der Waals surface area contributed by atoms with Crippen LogP contribution in [0.25, 0.3) is 10.9 Å². The van der Waals surface area contributed by atoms with E-state index >= 15 is 0 Å². The van der Waals surface area contributed by atoms with Crippen LogP contribution in [-0.4, -0.2) is 11.5 Å². The lowest BCUT2D eigenvalue weighted by molar-refractivity contribution is 0.980. The average molecular weight is 211 g/mol. The van der Waals surface area contributed by atoms with Gasteiger partial charge in [-0.3, -0.25) is 4.98 Å². The normalized spacial score (nSPS) is 10.0. The van der Waals surface area contributed by atoms with Crippen molar-refractivity contribution < 1.29 is 0 Å². The van der Waals surface area contributed by atoms with Gasteiger partial charge < -0.3 is 5.32 Å². The molecule has 80 valence electrons. The zero-order valence-electron chi connectivity index (χ0n) is 9.20. The Morgan fingerprint density at radius 3 is 2.94 bits per heavy atom. The molecule has 2 aromatic rings. The van der Waals surface area contributed by atoms with Crippen LogP contribution in [0, 0.1) is 11.3 Å². The largest absolute Gasteiger partial charge is 0.383 e. The molecule has 0 unspecified atom stereocenters. The van der Waals surface area contributed by atoms with E-state index in [-0.39, 0.29) is 0 Å². The lowest BCUT2D eigenvalue weighted by Crippen LogP contribution is -2.03. The maximum Gasteiger partial charge on any atom is 0.103 e. The fourth-order valence-electron chi connectivity index (χ4n) is 1.67. The molecule has 0 aliphatic heterocycles. The number of hydrogen-bond acceptors (Lipinski definition) is 3. The number of nitrogens with one attached hydrogen (secondary N) is 1. The second kappa shape index (κ2) is 4.63. The number of nitriles is 1. The van der Waals surface area contributed by atoms with E-state index in [1.807, 2.05) is 24.3 Å². The number of para-hydroxylation sites is 1. The number of pyridine rings is 1. The molecule has 3 nitrogen and oxygen atoms in total. The van der Waals surface area contributed by atoms with Crippen molar-refractivity contribution in [2.24, 2.45) is 0 Å². The van der Waals surface area contributed by atoms with E-state index in [0.29, 0.717) is 5.56 Å². The first-order valence-corrected chi connectivity index (χ1v) is 5.38. The summed E-state index contributed by atoms with van der Waals surface area (Å²) in [6.45, 7) is 2.96. The monoisotopic (exact) mass is 211 g/mol. The summed E-state index contributed by atoms with van der Waals surface area (Å²) in [5.41, 5.74) is 2.42. The Morgan fingerprint density at radius 1 is 1.38 bits per heavy atom. The molecule has 0 saturated heterocycles. The van der Waals surface area contributed by atoms with Gasteiger partial charge in [-0.05, 0) is 12.5 Å². The van der Waals surface area contributed by atoms with E-state index < -0.39 is 0 Å². The number of anilines is 1. The quantitative estimate of drug-likeness (QED) is 0.849. The first-order valence-electron chi connectivity index (χ1n) is 5.38. The highest BCUT2D eigenvalue weighted by Gasteiger charge is 2.06. The molecule has 2 rings (SSSR count). The second-order valence-corrected chi connectivity index (χ2v) is 3.60. The zero-order chi connectivity index (χ0) is 11.4. The molecular formula is C13H13N3. The van der Waals surface area contributed by atoms with E-state index in [4.69, 9.17) is 5.26 Å². The Bertz CT molecular complexity index is 540. The standard InChI is InChI=1S/C13H13N3/c1-2-7-15-13-10(8-14)9-16-12-6-4-3-5-11(12)13/h3-6,9H,2,7H2,1H3,(H,15,16). The minimum atomic E-state index is 0.604. The van der Waals surface area contributed by atoms with Gasteiger partial charge in [0.25, 0.3) is 0 Å². The van der Waals surface area contributed by atoms with Crippen molar-refractivity contribution >= 4 is 16.6 Å². The number of rotatable bonds is 3. The summed E-state index contributed by atoms with van der Waals surface area (Å²) in [6.07, 6.45) is 2.65. The lowest BCUT2D eigenvalue weighted by Gasteiger charge is -2.09. The zero-order valence-corrected chi connectivity index (χ0v) is 9.20. The van der Waals surface area contributed by atoms with Crippen molar-refractivity contribution in [3.05, 3.63) is 36.0 Å². The molecule has 0 bridgehead atoms. The third kappa shape index (κ3) is 1.82. The van der Waals surface area contributed by atoms with E-state index in [1.54, 1.807) is 6.20 Å². The summed E-state index contributed by atoms with van der Waals surface area (Å²) >= 11 is 0. The van der Waals surface area contributed by atoms with Crippen molar-refractivity contribution in [1.29, 1.82) is 5.26 Å². The number of benzene rings is 1. The predicted octanol–water partition coefficient (Wildman–Crippen LogP) is 2.93. The first kappa shape index (κ1) is 10.4. The second-order valence-electron chi connectivity index (χ2n) is 3.60. The molecule has 0 saturated carbocycles. The Labute approximate surface area is 94.7 Å². The van der Waals surface area contributed by atoms with Crippen LogP contribution in [0.3, 0.4) is 0 Å². The summed E-state index contributed by atoms with van der Waals surface area (Å²) in [5, 5.41) is 13.4. The van der Waals surface area contributed by atoms with Crippen LogP contribution < -0.4 is 5.32 Å². The van der Waals surface area contributed by atoms with Gasteiger partial charge in [0, 0.05) is 18.1 Å². The topological polar surface area (TPSA) is 48.7 Å². The minimum Gasteiger partial charge on any atom is -0.383 e. The SMILES string of the molecule is CCCNc1c(C#N)cnc2ccccc12. The van der Waals surface area contributed by atoms with E-state index in [9.17, 15) is 0 Å². The molecule has 0 atom stereocenters. The molecule has 1 heterocycles. The molecule has 3 heteroatoms. The first-order chi connectivity index (χ1) is 7.86. The van der Waals surface area contributed by atoms with Crippen LogP contribution in [0.1, 0.15) is 18.9 Å². The molecule has 0 spiro atoms. The van der Waals surface area contributed by atoms with Crippen LogP contribution in [-0.2, 0) is 0 Å². The van der Waals surface area contributed by atoms with Gasteiger partial charge in [-0.1, -0.05) is 25.1 Å². The summed E-state index contributed by atoms with van der Waals surface area (Å²) in [7, 11) is 0. The highest BCUT2D eigenvalue weighted by Crippen LogP contribution is 2.25. The Hall–Kier alpha value is -2.08. The maximum atomic E-state index is 9.05. The summed E-state index contributed by atoms with van der Waals surface area (Å²) in [4.78, 5) is 4.26. The van der Waals surface area contributed by atoms with Gasteiger partial charge in [0.2, 0.25) is 0 Å². The van der Waals surface area contributed by atoms with Gasteiger partial charge in [0.05, 0.1) is 16.8 Å². The van der Waals surface area contributed by atoms with Gasteiger partial charge in [-0.15, -0.1) is 0 Å². The molecule has 16 heavy (non-hydrogen) atoms. The van der Waals surface area contributed by atoms with Crippen molar-refractivity contribution in [2.75, 3.05) is 11.9 Å². The van der Waals surface area contributed by atoms with E-state index in [0.717, 1.165) is 29.6 Å². The van der Waals surface area contributed by atoms with E-state index in [2.05, 4.69) is 23.3 Å². The van der Waals surface area contributed by atoms with Crippen LogP contribution in [0.15, 0.2) is 30.5 Å². The maximum absolute atomic E-state index is 9.05. The average Bonchev–Trinajstić information content (AvgIpc) is 2.35. The molecule has 0 amide bonds. The number of nitrogens with zero attached hydrogens (tertiary/aromatic N) is 2. The van der Waals surface area contributed by atoms with Gasteiger partial charge in [-0.25, -0.2) is 0 Å². The van der Waals surface area contributed by atoms with Crippen molar-refractivity contribution in [2.45, 2.75) is 13.3 Å². The van der Waals surface area contributed by atoms with Crippen LogP contribution in [0.5, 0.6) is 0 Å². The Morgan fingerprint density at radius 2 is 2.19 bits per heavy atom. The number of aromatic nitrogens is 1. The van der Waals surface area contributed by atoms with Crippen molar-refractivity contribution in [1.82, 2.24) is 4.98 Å². The Balaban J connectivity index is 2.60. The smallest absolute Gasteiger partial charge is 0.103 e. The molecule has 1 N–H and O–H groups in total. The van der Waals surface area contributed by atoms with Crippen LogP contribution in [0.2, 0.25) is 0 Å². The summed E-state index contributed by atoms with van der Waals surface area (Å²) < 4.78 is 0. The van der Waals surface area contributed by atoms with Crippen molar-refractivity contribution in [3.8, 4) is 6.07 Å². The van der Waals surface area contributed by atoms with E-state index in [1.165, 1.54) is 0 Å². The van der Waals surface area contributed by atoms with Gasteiger partial charge in [-0.2, -0.15) is 5.26 Å². The summed E-state index contributed by atoms with van der Waals surface area (Å²) in [6, 6.07) is 10.0. The number of fused-ring (bicyclic) bond motifs is 1. The van der Waals surface area contributed by atoms with Crippen LogP contribution in [0.4, 0.5) is 5.69 Å². The van der Waals surface area contributed by atoms with Gasteiger partial charge in [0.15, 0.2) is 0 Å². The lowest BCUT2D eigenvalue weighted by atomic mass is 10.1. The Kier molecular flexibility index (Phi) is 3.02.